The lowest BCUT2D eigenvalue weighted by molar-refractivity contribution is -0.0509. The molecule has 21 heavy (non-hydrogen) atoms. The van der Waals surface area contributed by atoms with Crippen LogP contribution in [-0.4, -0.2) is 43.4 Å². The zero-order valence-corrected chi connectivity index (χ0v) is 12.1. The van der Waals surface area contributed by atoms with Gasteiger partial charge in [0.1, 0.15) is 11.5 Å². The number of aliphatic hydroxyl groups is 1. The van der Waals surface area contributed by atoms with Gasteiger partial charge in [0.25, 0.3) is 0 Å². The monoisotopic (exact) mass is 301 g/mol. The van der Waals surface area contributed by atoms with Gasteiger partial charge < -0.3 is 14.6 Å². The third-order valence-electron chi connectivity index (χ3n) is 3.75. The summed E-state index contributed by atoms with van der Waals surface area (Å²) in [5.41, 5.74) is 0.703. The lowest BCUT2D eigenvalue weighted by atomic mass is 9.98. The highest BCUT2D eigenvalue weighted by Crippen LogP contribution is 2.28. The van der Waals surface area contributed by atoms with Gasteiger partial charge in [-0.2, -0.15) is 8.78 Å². The smallest absolute Gasteiger partial charge is 0.387 e. The molecule has 0 saturated carbocycles. The Hall–Kier alpha value is -1.40. The van der Waals surface area contributed by atoms with Crippen LogP contribution in [0.4, 0.5) is 8.78 Å². The number of hydrogen-bond acceptors (Lipinski definition) is 4. The largest absolute Gasteiger partial charge is 0.497 e. The maximum Gasteiger partial charge on any atom is 0.387 e. The molecule has 118 valence electrons. The molecule has 1 aromatic carbocycles. The molecule has 0 radical (unpaired) electrons. The lowest BCUT2D eigenvalue weighted by Crippen LogP contribution is -2.36. The van der Waals surface area contributed by atoms with E-state index in [4.69, 9.17) is 4.74 Å². The number of nitrogens with zero attached hydrogens (tertiary/aromatic N) is 1. The Morgan fingerprint density at radius 1 is 1.43 bits per heavy atom. The predicted molar refractivity (Wildman–Crippen MR) is 74.7 cm³/mol. The minimum atomic E-state index is -2.86. The second-order valence-corrected chi connectivity index (χ2v) is 5.28. The van der Waals surface area contributed by atoms with Crippen molar-refractivity contribution in [2.45, 2.75) is 26.0 Å². The number of ether oxygens (including phenoxy) is 2. The van der Waals surface area contributed by atoms with Gasteiger partial charge in [-0.25, -0.2) is 0 Å². The van der Waals surface area contributed by atoms with Crippen LogP contribution in [0.5, 0.6) is 11.5 Å². The first-order valence-electron chi connectivity index (χ1n) is 7.07. The van der Waals surface area contributed by atoms with E-state index >= 15 is 0 Å². The van der Waals surface area contributed by atoms with Gasteiger partial charge in [0.15, 0.2) is 0 Å². The third kappa shape index (κ3) is 4.54. The number of hydrogen-bond donors (Lipinski definition) is 1. The topological polar surface area (TPSA) is 41.9 Å². The molecule has 1 aliphatic heterocycles. The average Bonchev–Trinajstić information content (AvgIpc) is 2.48. The van der Waals surface area contributed by atoms with Crippen molar-refractivity contribution in [1.82, 2.24) is 4.90 Å². The lowest BCUT2D eigenvalue weighted by Gasteiger charge is -2.32. The van der Waals surface area contributed by atoms with Crippen LogP contribution in [0, 0.1) is 5.92 Å². The van der Waals surface area contributed by atoms with Gasteiger partial charge in [0.05, 0.1) is 7.11 Å². The second-order valence-electron chi connectivity index (χ2n) is 5.28. The highest BCUT2D eigenvalue weighted by molar-refractivity contribution is 5.40. The Bertz CT molecular complexity index is 457. The summed E-state index contributed by atoms with van der Waals surface area (Å²) in [7, 11) is 1.48. The summed E-state index contributed by atoms with van der Waals surface area (Å²) >= 11 is 0. The first kappa shape index (κ1) is 16.0. The number of halogens is 2. The van der Waals surface area contributed by atoms with E-state index in [9.17, 15) is 13.9 Å². The van der Waals surface area contributed by atoms with Crippen molar-refractivity contribution < 1.29 is 23.4 Å². The molecule has 1 saturated heterocycles. The Labute approximate surface area is 123 Å². The standard InChI is InChI=1S/C15H21F2NO3/c1-20-13-5-4-12(14(7-13)21-15(16)17)9-18-6-2-3-11(8-18)10-19/h4-5,7,11,15,19H,2-3,6,8-10H2,1H3. The number of rotatable bonds is 6. The Morgan fingerprint density at radius 2 is 2.24 bits per heavy atom. The van der Waals surface area contributed by atoms with Crippen LogP contribution in [0.25, 0.3) is 0 Å². The molecular formula is C15H21F2NO3. The molecule has 1 fully saturated rings. The zero-order chi connectivity index (χ0) is 15.2. The fraction of sp³-hybridized carbons (Fsp3) is 0.600. The zero-order valence-electron chi connectivity index (χ0n) is 12.1. The van der Waals surface area contributed by atoms with E-state index in [-0.39, 0.29) is 18.3 Å². The summed E-state index contributed by atoms with van der Waals surface area (Å²) < 4.78 is 34.7. The molecule has 1 aromatic rings. The molecule has 4 nitrogen and oxygen atoms in total. The minimum absolute atomic E-state index is 0.149. The van der Waals surface area contributed by atoms with Crippen molar-refractivity contribution in [3.05, 3.63) is 23.8 Å². The predicted octanol–water partition coefficient (Wildman–Crippen LogP) is 2.50. The fourth-order valence-corrected chi connectivity index (χ4v) is 2.68. The van der Waals surface area contributed by atoms with Gasteiger partial charge in [-0.15, -0.1) is 0 Å². The number of methoxy groups -OCH3 is 1. The molecule has 2 rings (SSSR count). The van der Waals surface area contributed by atoms with Crippen LogP contribution in [-0.2, 0) is 6.54 Å². The van der Waals surface area contributed by atoms with E-state index in [1.54, 1.807) is 12.1 Å². The number of benzene rings is 1. The molecule has 0 bridgehead atoms. The van der Waals surface area contributed by atoms with Crippen molar-refractivity contribution in [2.24, 2.45) is 5.92 Å². The molecular weight excluding hydrogens is 280 g/mol. The molecule has 0 amide bonds. The number of likely N-dealkylation sites (tertiary alicyclic amines) is 1. The molecule has 1 unspecified atom stereocenters. The van der Waals surface area contributed by atoms with Crippen molar-refractivity contribution in [1.29, 1.82) is 0 Å². The summed E-state index contributed by atoms with van der Waals surface area (Å²) in [6.45, 7) is -0.489. The van der Waals surface area contributed by atoms with Crippen LogP contribution in [0.1, 0.15) is 18.4 Å². The van der Waals surface area contributed by atoms with E-state index in [0.29, 0.717) is 17.9 Å². The summed E-state index contributed by atoms with van der Waals surface area (Å²) in [6, 6.07) is 4.97. The molecule has 6 heteroatoms. The average molecular weight is 301 g/mol. The van der Waals surface area contributed by atoms with E-state index in [0.717, 1.165) is 25.9 Å². The van der Waals surface area contributed by atoms with E-state index < -0.39 is 6.61 Å². The van der Waals surface area contributed by atoms with Crippen LogP contribution in [0.2, 0.25) is 0 Å². The van der Waals surface area contributed by atoms with Crippen molar-refractivity contribution in [2.75, 3.05) is 26.8 Å². The maximum atomic E-state index is 12.5. The minimum Gasteiger partial charge on any atom is -0.497 e. The molecule has 0 spiro atoms. The van der Waals surface area contributed by atoms with Gasteiger partial charge in [-0.3, -0.25) is 4.90 Å². The Kier molecular flexibility index (Phi) is 5.76. The summed E-state index contributed by atoms with van der Waals surface area (Å²) in [5, 5.41) is 9.25. The van der Waals surface area contributed by atoms with Gasteiger partial charge in [-0.05, 0) is 31.4 Å². The van der Waals surface area contributed by atoms with Crippen LogP contribution >= 0.6 is 0 Å². The van der Waals surface area contributed by atoms with Gasteiger partial charge in [-0.1, -0.05) is 6.07 Å². The molecule has 0 aliphatic carbocycles. The third-order valence-corrected chi connectivity index (χ3v) is 3.75. The highest BCUT2D eigenvalue weighted by Gasteiger charge is 2.21. The Balaban J connectivity index is 2.10. The van der Waals surface area contributed by atoms with Crippen molar-refractivity contribution >= 4 is 0 Å². The van der Waals surface area contributed by atoms with Gasteiger partial charge >= 0.3 is 6.61 Å². The van der Waals surface area contributed by atoms with Crippen molar-refractivity contribution in [3.63, 3.8) is 0 Å². The summed E-state index contributed by atoms with van der Waals surface area (Å²) in [6.07, 6.45) is 2.02. The highest BCUT2D eigenvalue weighted by atomic mass is 19.3. The van der Waals surface area contributed by atoms with E-state index in [2.05, 4.69) is 9.64 Å². The molecule has 1 atom stereocenters. The first-order chi connectivity index (χ1) is 10.1. The van der Waals surface area contributed by atoms with Crippen molar-refractivity contribution in [3.8, 4) is 11.5 Å². The van der Waals surface area contributed by atoms with Crippen LogP contribution < -0.4 is 9.47 Å². The molecule has 1 N–H and O–H groups in total. The normalized spacial score (nSPS) is 19.8. The second kappa shape index (κ2) is 7.56. The summed E-state index contributed by atoms with van der Waals surface area (Å²) in [5.74, 6) is 0.896. The molecule has 1 aliphatic rings. The quantitative estimate of drug-likeness (QED) is 0.876. The number of aliphatic hydroxyl groups excluding tert-OH is 1. The SMILES string of the molecule is COc1ccc(CN2CCCC(CO)C2)c(OC(F)F)c1. The van der Waals surface area contributed by atoms with Gasteiger partial charge in [0.2, 0.25) is 0 Å². The van der Waals surface area contributed by atoms with Gasteiger partial charge in [0, 0.05) is 31.3 Å². The number of alkyl halides is 2. The number of piperidine rings is 1. The summed E-state index contributed by atoms with van der Waals surface area (Å²) in [4.78, 5) is 2.16. The molecule has 0 aromatic heterocycles. The fourth-order valence-electron chi connectivity index (χ4n) is 2.68. The Morgan fingerprint density at radius 3 is 2.90 bits per heavy atom. The van der Waals surface area contributed by atoms with E-state index in [1.807, 2.05) is 0 Å². The maximum absolute atomic E-state index is 12.5. The van der Waals surface area contributed by atoms with Crippen LogP contribution in [0.15, 0.2) is 18.2 Å². The van der Waals surface area contributed by atoms with E-state index in [1.165, 1.54) is 13.2 Å². The van der Waals surface area contributed by atoms with Crippen LogP contribution in [0.3, 0.4) is 0 Å². The first-order valence-corrected chi connectivity index (χ1v) is 7.07. The molecule has 1 heterocycles.